The summed E-state index contributed by atoms with van der Waals surface area (Å²) in [5.74, 6) is 2.04. The highest BCUT2D eigenvalue weighted by atomic mass is 16.5. The third kappa shape index (κ3) is 2.51. The van der Waals surface area contributed by atoms with E-state index in [1.165, 1.54) is 0 Å². The van der Waals surface area contributed by atoms with Gasteiger partial charge in [-0.2, -0.15) is 0 Å². The van der Waals surface area contributed by atoms with Crippen molar-refractivity contribution in [2.45, 2.75) is 6.92 Å². The Morgan fingerprint density at radius 3 is 2.33 bits per heavy atom. The third-order valence-corrected chi connectivity index (χ3v) is 2.62. The summed E-state index contributed by atoms with van der Waals surface area (Å²) in [4.78, 5) is 10.7. The molecule has 0 N–H and O–H groups in total. The van der Waals surface area contributed by atoms with Gasteiger partial charge in [0.1, 0.15) is 12.0 Å². The zero-order valence-corrected chi connectivity index (χ0v) is 10.3. The second kappa shape index (κ2) is 5.36. The number of carbonyl (C=O) groups is 1. The first-order chi connectivity index (χ1) is 8.74. The summed E-state index contributed by atoms with van der Waals surface area (Å²) < 4.78 is 11.0. The normalized spacial score (nSPS) is 9.89. The van der Waals surface area contributed by atoms with E-state index in [9.17, 15) is 4.79 Å². The monoisotopic (exact) mass is 242 g/mol. The second-order valence-corrected chi connectivity index (χ2v) is 3.90. The zero-order valence-electron chi connectivity index (χ0n) is 10.3. The van der Waals surface area contributed by atoms with Crippen LogP contribution < -0.4 is 9.47 Å². The first kappa shape index (κ1) is 12.2. The van der Waals surface area contributed by atoms with Crippen molar-refractivity contribution in [3.05, 3.63) is 53.6 Å². The molecule has 0 aliphatic carbocycles. The Bertz CT molecular complexity index is 561. The number of hydrogen-bond acceptors (Lipinski definition) is 3. The van der Waals surface area contributed by atoms with Crippen LogP contribution in [0.2, 0.25) is 0 Å². The molecule has 0 aliphatic rings. The van der Waals surface area contributed by atoms with E-state index in [0.717, 1.165) is 11.8 Å². The smallest absolute Gasteiger partial charge is 0.169 e. The van der Waals surface area contributed by atoms with E-state index in [4.69, 9.17) is 9.47 Å². The fraction of sp³-hybridized carbons (Fsp3) is 0.133. The maximum absolute atomic E-state index is 10.7. The van der Waals surface area contributed by atoms with E-state index < -0.39 is 0 Å². The SMILES string of the molecule is COc1ccccc1Oc1ccc(C=O)cc1C. The average molecular weight is 242 g/mol. The molecule has 0 bridgehead atoms. The van der Waals surface area contributed by atoms with Gasteiger partial charge in [-0.1, -0.05) is 12.1 Å². The van der Waals surface area contributed by atoms with Crippen LogP contribution in [-0.2, 0) is 0 Å². The fourth-order valence-corrected chi connectivity index (χ4v) is 1.68. The number of methoxy groups -OCH3 is 1. The summed E-state index contributed by atoms with van der Waals surface area (Å²) >= 11 is 0. The lowest BCUT2D eigenvalue weighted by molar-refractivity contribution is 0.112. The van der Waals surface area contributed by atoms with Crippen LogP contribution in [0, 0.1) is 6.92 Å². The molecule has 2 aromatic carbocycles. The Kier molecular flexibility index (Phi) is 3.63. The third-order valence-electron chi connectivity index (χ3n) is 2.62. The number of carbonyl (C=O) groups excluding carboxylic acids is 1. The van der Waals surface area contributed by atoms with Gasteiger partial charge in [-0.3, -0.25) is 4.79 Å². The van der Waals surface area contributed by atoms with Crippen LogP contribution in [0.3, 0.4) is 0 Å². The topological polar surface area (TPSA) is 35.5 Å². The molecule has 0 fully saturated rings. The van der Waals surface area contributed by atoms with Crippen molar-refractivity contribution in [1.29, 1.82) is 0 Å². The maximum atomic E-state index is 10.7. The van der Waals surface area contributed by atoms with Crippen molar-refractivity contribution in [3.63, 3.8) is 0 Å². The van der Waals surface area contributed by atoms with Crippen molar-refractivity contribution in [2.75, 3.05) is 7.11 Å². The second-order valence-electron chi connectivity index (χ2n) is 3.90. The predicted molar refractivity (Wildman–Crippen MR) is 69.6 cm³/mol. The van der Waals surface area contributed by atoms with Crippen molar-refractivity contribution in [1.82, 2.24) is 0 Å². The molecule has 0 radical (unpaired) electrons. The molecular weight excluding hydrogens is 228 g/mol. The lowest BCUT2D eigenvalue weighted by Crippen LogP contribution is -1.92. The molecule has 0 saturated heterocycles. The quantitative estimate of drug-likeness (QED) is 0.768. The summed E-state index contributed by atoms with van der Waals surface area (Å²) in [6.45, 7) is 1.90. The van der Waals surface area contributed by atoms with Gasteiger partial charge in [0.15, 0.2) is 11.5 Å². The summed E-state index contributed by atoms with van der Waals surface area (Å²) in [7, 11) is 1.60. The maximum Gasteiger partial charge on any atom is 0.169 e. The number of rotatable bonds is 4. The van der Waals surface area contributed by atoms with Crippen molar-refractivity contribution >= 4 is 6.29 Å². The van der Waals surface area contributed by atoms with Crippen LogP contribution in [0.5, 0.6) is 17.2 Å². The van der Waals surface area contributed by atoms with Crippen LogP contribution in [-0.4, -0.2) is 13.4 Å². The number of benzene rings is 2. The molecule has 3 nitrogen and oxygen atoms in total. The zero-order chi connectivity index (χ0) is 13.0. The van der Waals surface area contributed by atoms with E-state index in [2.05, 4.69) is 0 Å². The summed E-state index contributed by atoms with van der Waals surface area (Å²) in [5, 5.41) is 0. The van der Waals surface area contributed by atoms with Crippen LogP contribution in [0.4, 0.5) is 0 Å². The standard InChI is InChI=1S/C15H14O3/c1-11-9-12(10-16)7-8-13(11)18-15-6-4-3-5-14(15)17-2/h3-10H,1-2H3. The van der Waals surface area contributed by atoms with Gasteiger partial charge < -0.3 is 9.47 Å². The van der Waals surface area contributed by atoms with Gasteiger partial charge in [0, 0.05) is 5.56 Å². The number of aldehydes is 1. The molecule has 0 saturated carbocycles. The minimum atomic E-state index is 0.639. The molecule has 0 unspecified atom stereocenters. The summed E-state index contributed by atoms with van der Waals surface area (Å²) in [6, 6.07) is 12.7. The van der Waals surface area contributed by atoms with Crippen LogP contribution in [0.1, 0.15) is 15.9 Å². The molecule has 92 valence electrons. The fourth-order valence-electron chi connectivity index (χ4n) is 1.68. The molecule has 0 amide bonds. The van der Waals surface area contributed by atoms with Crippen molar-refractivity contribution < 1.29 is 14.3 Å². The molecule has 0 heterocycles. The molecule has 0 aliphatic heterocycles. The van der Waals surface area contributed by atoms with E-state index >= 15 is 0 Å². The largest absolute Gasteiger partial charge is 0.493 e. The molecule has 3 heteroatoms. The van der Waals surface area contributed by atoms with Crippen LogP contribution >= 0.6 is 0 Å². The Balaban J connectivity index is 2.31. The van der Waals surface area contributed by atoms with E-state index in [0.29, 0.717) is 22.8 Å². The molecule has 0 aromatic heterocycles. The van der Waals surface area contributed by atoms with Gasteiger partial charge in [-0.25, -0.2) is 0 Å². The van der Waals surface area contributed by atoms with Gasteiger partial charge in [0.05, 0.1) is 7.11 Å². The number of hydrogen-bond donors (Lipinski definition) is 0. The molecule has 2 aromatic rings. The average Bonchev–Trinajstić information content (AvgIpc) is 2.41. The van der Waals surface area contributed by atoms with Crippen LogP contribution in [0.25, 0.3) is 0 Å². The van der Waals surface area contributed by atoms with Gasteiger partial charge in [0.2, 0.25) is 0 Å². The van der Waals surface area contributed by atoms with Crippen molar-refractivity contribution in [2.24, 2.45) is 0 Å². The minimum absolute atomic E-state index is 0.639. The van der Waals surface area contributed by atoms with Crippen molar-refractivity contribution in [3.8, 4) is 17.2 Å². The molecule has 0 spiro atoms. The van der Waals surface area contributed by atoms with E-state index in [1.807, 2.05) is 31.2 Å². The number of para-hydroxylation sites is 2. The predicted octanol–water partition coefficient (Wildman–Crippen LogP) is 3.61. The Morgan fingerprint density at radius 1 is 1.00 bits per heavy atom. The lowest BCUT2D eigenvalue weighted by atomic mass is 10.1. The summed E-state index contributed by atoms with van der Waals surface area (Å²) in [6.07, 6.45) is 0.819. The summed E-state index contributed by atoms with van der Waals surface area (Å²) in [5.41, 5.74) is 1.55. The van der Waals surface area contributed by atoms with Gasteiger partial charge in [0.25, 0.3) is 0 Å². The molecule has 18 heavy (non-hydrogen) atoms. The van der Waals surface area contributed by atoms with E-state index in [1.54, 1.807) is 25.3 Å². The molecular formula is C15H14O3. The first-order valence-corrected chi connectivity index (χ1v) is 5.61. The Labute approximate surface area is 106 Å². The van der Waals surface area contributed by atoms with Gasteiger partial charge in [-0.05, 0) is 42.8 Å². The minimum Gasteiger partial charge on any atom is -0.493 e. The highest BCUT2D eigenvalue weighted by molar-refractivity contribution is 5.75. The Hall–Kier alpha value is -2.29. The van der Waals surface area contributed by atoms with Crippen LogP contribution in [0.15, 0.2) is 42.5 Å². The first-order valence-electron chi connectivity index (χ1n) is 5.61. The number of ether oxygens (including phenoxy) is 2. The van der Waals surface area contributed by atoms with Gasteiger partial charge in [-0.15, -0.1) is 0 Å². The molecule has 2 rings (SSSR count). The van der Waals surface area contributed by atoms with Gasteiger partial charge >= 0.3 is 0 Å². The number of aryl methyl sites for hydroxylation is 1. The lowest BCUT2D eigenvalue weighted by Gasteiger charge is -2.11. The highest BCUT2D eigenvalue weighted by Crippen LogP contribution is 2.32. The molecule has 0 atom stereocenters. The van der Waals surface area contributed by atoms with E-state index in [-0.39, 0.29) is 0 Å². The Morgan fingerprint density at radius 2 is 1.72 bits per heavy atom. The highest BCUT2D eigenvalue weighted by Gasteiger charge is 2.06.